The van der Waals surface area contributed by atoms with Gasteiger partial charge in [0.1, 0.15) is 26.2 Å². The molecular weight excluding hydrogens is 429 g/mol. The first-order chi connectivity index (χ1) is 12.8. The van der Waals surface area contributed by atoms with Crippen LogP contribution in [0.15, 0.2) is 29.6 Å². The Morgan fingerprint density at radius 3 is 2.41 bits per heavy atom. The lowest BCUT2D eigenvalue weighted by Gasteiger charge is -2.07. The number of carboxylic acids is 1. The molecule has 0 aliphatic carbocycles. The molecule has 2 N–H and O–H groups in total. The van der Waals surface area contributed by atoms with Gasteiger partial charge >= 0.3 is 5.97 Å². The van der Waals surface area contributed by atoms with Crippen LogP contribution in [0.5, 0.6) is 5.75 Å². The Labute approximate surface area is 173 Å². The number of anilines is 1. The van der Waals surface area contributed by atoms with Crippen molar-refractivity contribution in [2.45, 2.75) is 6.92 Å². The molecule has 3 rings (SSSR count). The normalized spacial score (nSPS) is 10.7. The van der Waals surface area contributed by atoms with Crippen LogP contribution in [0, 0.1) is 6.92 Å². The molecule has 0 unspecified atom stereocenters. The van der Waals surface area contributed by atoms with E-state index in [2.05, 4.69) is 5.32 Å². The fourth-order valence-corrected chi connectivity index (χ4v) is 5.04. The van der Waals surface area contributed by atoms with Crippen molar-refractivity contribution in [3.8, 4) is 16.9 Å². The van der Waals surface area contributed by atoms with Gasteiger partial charge in [0.05, 0.1) is 7.11 Å². The summed E-state index contributed by atoms with van der Waals surface area (Å²) in [7, 11) is 1.45. The smallest absolute Gasteiger partial charge is 0.339 e. The van der Waals surface area contributed by atoms with Crippen LogP contribution in [0.2, 0.25) is 9.36 Å². The Kier molecular flexibility index (Phi) is 5.76. The van der Waals surface area contributed by atoms with Crippen LogP contribution in [0.3, 0.4) is 0 Å². The molecule has 0 radical (unpaired) electrons. The number of amides is 1. The summed E-state index contributed by atoms with van der Waals surface area (Å²) in [6.45, 7) is 1.79. The molecular formula is C18H13Cl2NO4S2. The minimum absolute atomic E-state index is 0.0118. The number of halogens is 2. The highest BCUT2D eigenvalue weighted by Crippen LogP contribution is 2.40. The second-order valence-electron chi connectivity index (χ2n) is 5.46. The maximum atomic E-state index is 12.7. The van der Waals surface area contributed by atoms with Crippen LogP contribution in [0.25, 0.3) is 11.1 Å². The third-order valence-corrected chi connectivity index (χ3v) is 6.25. The number of aryl methyl sites for hydroxylation is 1. The fourth-order valence-electron chi connectivity index (χ4n) is 2.60. The van der Waals surface area contributed by atoms with E-state index >= 15 is 0 Å². The number of carboxylic acid groups (broad SMARTS) is 1. The molecule has 140 valence electrons. The first-order valence-corrected chi connectivity index (χ1v) is 10.0. The van der Waals surface area contributed by atoms with E-state index in [1.807, 2.05) is 0 Å². The molecule has 2 aromatic heterocycles. The SMILES string of the molecule is COc1c(C)sc(Cl)c1C(=O)Nc1scc(-c2ccc(Cl)cc2)c1C(=O)O. The molecule has 5 nitrogen and oxygen atoms in total. The molecule has 0 spiro atoms. The number of ether oxygens (including phenoxy) is 1. The highest BCUT2D eigenvalue weighted by atomic mass is 35.5. The van der Waals surface area contributed by atoms with Crippen molar-refractivity contribution >= 4 is 62.8 Å². The Morgan fingerprint density at radius 1 is 1.15 bits per heavy atom. The van der Waals surface area contributed by atoms with E-state index in [1.165, 1.54) is 18.4 Å². The van der Waals surface area contributed by atoms with E-state index in [0.29, 0.717) is 21.9 Å². The number of carbonyl (C=O) groups is 2. The molecule has 0 bridgehead atoms. The molecule has 0 aliphatic heterocycles. The number of aromatic carboxylic acids is 1. The van der Waals surface area contributed by atoms with Crippen molar-refractivity contribution in [2.75, 3.05) is 12.4 Å². The quantitative estimate of drug-likeness (QED) is 0.504. The lowest BCUT2D eigenvalue weighted by atomic mass is 10.0. The molecule has 9 heteroatoms. The number of benzene rings is 1. The van der Waals surface area contributed by atoms with Crippen molar-refractivity contribution in [3.05, 3.63) is 55.0 Å². The number of methoxy groups -OCH3 is 1. The third kappa shape index (κ3) is 3.82. The summed E-state index contributed by atoms with van der Waals surface area (Å²) in [4.78, 5) is 25.3. The van der Waals surface area contributed by atoms with Gasteiger partial charge in [-0.15, -0.1) is 22.7 Å². The van der Waals surface area contributed by atoms with E-state index in [9.17, 15) is 14.7 Å². The molecule has 27 heavy (non-hydrogen) atoms. The monoisotopic (exact) mass is 441 g/mol. The van der Waals surface area contributed by atoms with Crippen LogP contribution in [0.1, 0.15) is 25.6 Å². The van der Waals surface area contributed by atoms with Crippen LogP contribution in [0.4, 0.5) is 5.00 Å². The fraction of sp³-hybridized carbons (Fsp3) is 0.111. The summed E-state index contributed by atoms with van der Waals surface area (Å²) in [6, 6.07) is 6.81. The van der Waals surface area contributed by atoms with Crippen molar-refractivity contribution in [2.24, 2.45) is 0 Å². The summed E-state index contributed by atoms with van der Waals surface area (Å²) >= 11 is 14.4. The predicted octanol–water partition coefficient (Wildman–Crippen LogP) is 6.05. The maximum absolute atomic E-state index is 12.7. The topological polar surface area (TPSA) is 75.6 Å². The van der Waals surface area contributed by atoms with Crippen molar-refractivity contribution in [3.63, 3.8) is 0 Å². The Hall–Kier alpha value is -2.06. The summed E-state index contributed by atoms with van der Waals surface area (Å²) in [6.07, 6.45) is 0. The van der Waals surface area contributed by atoms with Crippen LogP contribution < -0.4 is 10.1 Å². The molecule has 3 aromatic rings. The van der Waals surface area contributed by atoms with Gasteiger partial charge in [-0.1, -0.05) is 35.3 Å². The Balaban J connectivity index is 2.00. The minimum Gasteiger partial charge on any atom is -0.495 e. The van der Waals surface area contributed by atoms with Crippen LogP contribution in [-0.2, 0) is 0 Å². The minimum atomic E-state index is -1.14. The van der Waals surface area contributed by atoms with Gasteiger partial charge in [-0.05, 0) is 24.6 Å². The standard InChI is InChI=1S/C18H13Cl2NO4S2/c1-8-14(25-2)13(15(20)27-8)16(22)21-17-12(18(23)24)11(7-26-17)9-3-5-10(19)6-4-9/h3-7H,1-2H3,(H,21,22)(H,23,24). The molecule has 1 amide bonds. The zero-order chi connectivity index (χ0) is 19.7. The summed E-state index contributed by atoms with van der Waals surface area (Å²) < 4.78 is 5.54. The zero-order valence-corrected chi connectivity index (χ0v) is 17.3. The van der Waals surface area contributed by atoms with E-state index < -0.39 is 11.9 Å². The van der Waals surface area contributed by atoms with Gasteiger partial charge in [0, 0.05) is 20.8 Å². The summed E-state index contributed by atoms with van der Waals surface area (Å²) in [5.41, 5.74) is 1.40. The lowest BCUT2D eigenvalue weighted by Crippen LogP contribution is -2.14. The van der Waals surface area contributed by atoms with Gasteiger partial charge in [0.15, 0.2) is 0 Å². The van der Waals surface area contributed by atoms with Crippen molar-refractivity contribution in [1.82, 2.24) is 0 Å². The van der Waals surface area contributed by atoms with Gasteiger partial charge in [0.25, 0.3) is 5.91 Å². The van der Waals surface area contributed by atoms with Crippen LogP contribution >= 0.6 is 45.9 Å². The lowest BCUT2D eigenvalue weighted by molar-refractivity contribution is 0.0699. The number of rotatable bonds is 5. The highest BCUT2D eigenvalue weighted by Gasteiger charge is 2.26. The average Bonchev–Trinajstić information content (AvgIpc) is 3.15. The highest BCUT2D eigenvalue weighted by molar-refractivity contribution is 7.17. The largest absolute Gasteiger partial charge is 0.495 e. The third-order valence-electron chi connectivity index (χ3n) is 3.80. The van der Waals surface area contributed by atoms with Gasteiger partial charge in [-0.25, -0.2) is 4.79 Å². The molecule has 2 heterocycles. The molecule has 1 aromatic carbocycles. The molecule has 0 atom stereocenters. The van der Waals surface area contributed by atoms with Crippen molar-refractivity contribution < 1.29 is 19.4 Å². The number of nitrogens with one attached hydrogen (secondary N) is 1. The van der Waals surface area contributed by atoms with E-state index in [4.69, 9.17) is 27.9 Å². The second kappa shape index (κ2) is 7.90. The Bertz CT molecular complexity index is 1020. The number of thiophene rings is 2. The Morgan fingerprint density at radius 2 is 1.81 bits per heavy atom. The number of carbonyl (C=O) groups excluding carboxylic acids is 1. The van der Waals surface area contributed by atoms with E-state index in [0.717, 1.165) is 16.2 Å². The first-order valence-electron chi connectivity index (χ1n) is 7.58. The zero-order valence-electron chi connectivity index (χ0n) is 14.1. The first kappa shape index (κ1) is 19.7. The van der Waals surface area contributed by atoms with Crippen LogP contribution in [-0.4, -0.2) is 24.1 Å². The van der Waals surface area contributed by atoms with Crippen molar-refractivity contribution in [1.29, 1.82) is 0 Å². The number of hydrogen-bond acceptors (Lipinski definition) is 5. The van der Waals surface area contributed by atoms with E-state index in [-0.39, 0.29) is 20.5 Å². The van der Waals surface area contributed by atoms with Gasteiger partial charge in [-0.3, -0.25) is 4.79 Å². The molecule has 0 aliphatic rings. The van der Waals surface area contributed by atoms with E-state index in [1.54, 1.807) is 36.6 Å². The van der Waals surface area contributed by atoms with Gasteiger partial charge in [-0.2, -0.15) is 0 Å². The molecule has 0 saturated heterocycles. The average molecular weight is 442 g/mol. The predicted molar refractivity (Wildman–Crippen MR) is 110 cm³/mol. The molecule has 0 fully saturated rings. The van der Waals surface area contributed by atoms with Gasteiger partial charge in [0.2, 0.25) is 0 Å². The maximum Gasteiger partial charge on any atom is 0.339 e. The number of hydrogen-bond donors (Lipinski definition) is 2. The van der Waals surface area contributed by atoms with Gasteiger partial charge < -0.3 is 15.2 Å². The second-order valence-corrected chi connectivity index (χ2v) is 8.60. The summed E-state index contributed by atoms with van der Waals surface area (Å²) in [5, 5.41) is 14.8. The summed E-state index contributed by atoms with van der Waals surface area (Å²) in [5.74, 6) is -1.28. The molecule has 0 saturated carbocycles.